The minimum atomic E-state index is 0.155. The Labute approximate surface area is 130 Å². The average Bonchev–Trinajstić information content (AvgIpc) is 3.29. The van der Waals surface area contributed by atoms with Crippen molar-refractivity contribution in [3.8, 4) is 0 Å². The molecular weight excluding hydrogens is 276 g/mol. The number of furan rings is 1. The molecule has 1 N–H and O–H groups in total. The topological polar surface area (TPSA) is 45.5 Å². The largest absolute Gasteiger partial charge is 0.461 e. The maximum absolute atomic E-state index is 11.9. The number of benzene rings is 1. The number of rotatable bonds is 3. The van der Waals surface area contributed by atoms with Crippen LogP contribution in [0.15, 0.2) is 22.6 Å². The van der Waals surface area contributed by atoms with E-state index in [1.54, 1.807) is 0 Å². The van der Waals surface area contributed by atoms with E-state index in [0.717, 1.165) is 54.5 Å². The van der Waals surface area contributed by atoms with Crippen LogP contribution in [0.1, 0.15) is 30.6 Å². The van der Waals surface area contributed by atoms with Gasteiger partial charge in [-0.1, -0.05) is 0 Å². The second-order valence-electron chi connectivity index (χ2n) is 6.84. The molecule has 1 amide bonds. The molecule has 4 rings (SSSR count). The lowest BCUT2D eigenvalue weighted by Gasteiger charge is -2.27. The minimum Gasteiger partial charge on any atom is -0.461 e. The van der Waals surface area contributed by atoms with Gasteiger partial charge in [-0.05, 0) is 58.0 Å². The molecule has 4 heteroatoms. The van der Waals surface area contributed by atoms with Crippen molar-refractivity contribution in [2.45, 2.75) is 38.1 Å². The first-order chi connectivity index (χ1) is 10.6. The fourth-order valence-electron chi connectivity index (χ4n) is 3.37. The number of hydrogen-bond donors (Lipinski definition) is 1. The van der Waals surface area contributed by atoms with E-state index in [0.29, 0.717) is 6.04 Å². The van der Waals surface area contributed by atoms with E-state index in [1.165, 1.54) is 5.56 Å². The van der Waals surface area contributed by atoms with Crippen LogP contribution in [0.25, 0.3) is 11.0 Å². The Kier molecular flexibility index (Phi) is 3.22. The molecule has 2 aromatic rings. The van der Waals surface area contributed by atoms with Crippen molar-refractivity contribution in [1.82, 2.24) is 4.90 Å². The van der Waals surface area contributed by atoms with E-state index in [1.807, 2.05) is 12.1 Å². The Hall–Kier alpha value is -1.81. The number of fused-ring (bicyclic) bond motifs is 3. The predicted molar refractivity (Wildman–Crippen MR) is 87.1 cm³/mol. The second-order valence-corrected chi connectivity index (χ2v) is 6.84. The van der Waals surface area contributed by atoms with Crippen molar-refractivity contribution in [2.24, 2.45) is 5.92 Å². The van der Waals surface area contributed by atoms with Crippen LogP contribution in [-0.4, -0.2) is 30.9 Å². The summed E-state index contributed by atoms with van der Waals surface area (Å²) in [6.45, 7) is 0. The lowest BCUT2D eigenvalue weighted by atomic mass is 9.91. The first kappa shape index (κ1) is 13.8. The number of anilines is 1. The molecule has 1 fully saturated rings. The van der Waals surface area contributed by atoms with E-state index < -0.39 is 0 Å². The first-order valence-corrected chi connectivity index (χ1v) is 8.13. The predicted octanol–water partition coefficient (Wildman–Crippen LogP) is 3.20. The number of hydrogen-bond acceptors (Lipinski definition) is 3. The van der Waals surface area contributed by atoms with E-state index >= 15 is 0 Å². The molecule has 2 aliphatic carbocycles. The van der Waals surface area contributed by atoms with Gasteiger partial charge in [-0.15, -0.1) is 0 Å². The lowest BCUT2D eigenvalue weighted by Crippen LogP contribution is -2.33. The molecule has 116 valence electrons. The lowest BCUT2D eigenvalue weighted by molar-refractivity contribution is -0.117. The highest BCUT2D eigenvalue weighted by molar-refractivity contribution is 5.96. The maximum Gasteiger partial charge on any atom is 0.227 e. The molecule has 1 heterocycles. The standard InChI is InChI=1S/C18H22N2O2/c1-20(2)13-6-8-17-15(10-13)14-9-12(5-7-16(14)22-17)19-18(21)11-3-4-11/h5,7,9,11,13H,3-4,6,8,10H2,1-2H3,(H,19,21). The van der Waals surface area contributed by atoms with E-state index in [2.05, 4.69) is 30.4 Å². The van der Waals surface area contributed by atoms with Gasteiger partial charge < -0.3 is 14.6 Å². The van der Waals surface area contributed by atoms with Crippen molar-refractivity contribution in [2.75, 3.05) is 19.4 Å². The molecule has 2 aliphatic rings. The Morgan fingerprint density at radius 2 is 2.09 bits per heavy atom. The van der Waals surface area contributed by atoms with Crippen molar-refractivity contribution in [1.29, 1.82) is 0 Å². The highest BCUT2D eigenvalue weighted by atomic mass is 16.3. The average molecular weight is 298 g/mol. The molecule has 1 atom stereocenters. The first-order valence-electron chi connectivity index (χ1n) is 8.13. The van der Waals surface area contributed by atoms with E-state index in [9.17, 15) is 4.79 Å². The third kappa shape index (κ3) is 2.41. The number of carbonyl (C=O) groups is 1. The molecule has 1 aromatic heterocycles. The number of carbonyl (C=O) groups excluding carboxylic acids is 1. The third-order valence-corrected chi connectivity index (χ3v) is 4.96. The van der Waals surface area contributed by atoms with Gasteiger partial charge in [0.1, 0.15) is 11.3 Å². The Bertz CT molecular complexity index is 728. The van der Waals surface area contributed by atoms with Crippen LogP contribution in [0.3, 0.4) is 0 Å². The van der Waals surface area contributed by atoms with Gasteiger partial charge in [0.25, 0.3) is 0 Å². The fraction of sp³-hybridized carbons (Fsp3) is 0.500. The van der Waals surface area contributed by atoms with Gasteiger partial charge in [0.15, 0.2) is 0 Å². The summed E-state index contributed by atoms with van der Waals surface area (Å²) in [6, 6.07) is 6.58. The summed E-state index contributed by atoms with van der Waals surface area (Å²) in [5, 5.41) is 4.20. The third-order valence-electron chi connectivity index (χ3n) is 4.96. The molecule has 0 spiro atoms. The molecule has 22 heavy (non-hydrogen) atoms. The van der Waals surface area contributed by atoms with E-state index in [-0.39, 0.29) is 11.8 Å². The van der Waals surface area contributed by atoms with E-state index in [4.69, 9.17) is 4.42 Å². The molecule has 0 bridgehead atoms. The molecule has 0 aliphatic heterocycles. The molecule has 0 radical (unpaired) electrons. The van der Waals surface area contributed by atoms with Gasteiger partial charge in [0.2, 0.25) is 5.91 Å². The SMILES string of the molecule is CN(C)C1CCc2oc3ccc(NC(=O)C4CC4)cc3c2C1. The molecule has 1 saturated carbocycles. The molecular formula is C18H22N2O2. The summed E-state index contributed by atoms with van der Waals surface area (Å²) in [5.41, 5.74) is 3.15. The van der Waals surface area contributed by atoms with Crippen molar-refractivity contribution in [3.05, 3.63) is 29.5 Å². The second kappa shape index (κ2) is 5.13. The van der Waals surface area contributed by atoms with Gasteiger partial charge in [-0.2, -0.15) is 0 Å². The maximum atomic E-state index is 11.9. The zero-order chi connectivity index (χ0) is 15.3. The zero-order valence-corrected chi connectivity index (χ0v) is 13.2. The van der Waals surface area contributed by atoms with Gasteiger partial charge in [0.05, 0.1) is 0 Å². The summed E-state index contributed by atoms with van der Waals surface area (Å²) < 4.78 is 6.01. The van der Waals surface area contributed by atoms with Crippen LogP contribution in [0.5, 0.6) is 0 Å². The van der Waals surface area contributed by atoms with Crippen LogP contribution in [0.4, 0.5) is 5.69 Å². The normalized spacial score (nSPS) is 21.1. The van der Waals surface area contributed by atoms with Crippen molar-refractivity contribution < 1.29 is 9.21 Å². The number of nitrogens with one attached hydrogen (secondary N) is 1. The highest BCUT2D eigenvalue weighted by Gasteiger charge is 2.30. The smallest absolute Gasteiger partial charge is 0.227 e. The fourth-order valence-corrected chi connectivity index (χ4v) is 3.37. The highest BCUT2D eigenvalue weighted by Crippen LogP contribution is 2.35. The molecule has 4 nitrogen and oxygen atoms in total. The monoisotopic (exact) mass is 298 g/mol. The Balaban J connectivity index is 1.66. The van der Waals surface area contributed by atoms with Gasteiger partial charge in [0, 0.05) is 35.0 Å². The quantitative estimate of drug-likeness (QED) is 0.946. The van der Waals surface area contributed by atoms with Crippen LogP contribution < -0.4 is 5.32 Å². The molecule has 1 unspecified atom stereocenters. The number of likely N-dealkylation sites (N-methyl/N-ethyl adjacent to an activating group) is 1. The molecule has 1 aromatic carbocycles. The van der Waals surface area contributed by atoms with Crippen LogP contribution in [-0.2, 0) is 17.6 Å². The number of amides is 1. The zero-order valence-electron chi connectivity index (χ0n) is 13.2. The van der Waals surface area contributed by atoms with Gasteiger partial charge in [-0.3, -0.25) is 4.79 Å². The Morgan fingerprint density at radius 3 is 2.82 bits per heavy atom. The van der Waals surface area contributed by atoms with Crippen LogP contribution in [0, 0.1) is 5.92 Å². The van der Waals surface area contributed by atoms with Crippen LogP contribution in [0.2, 0.25) is 0 Å². The van der Waals surface area contributed by atoms with Gasteiger partial charge >= 0.3 is 0 Å². The minimum absolute atomic E-state index is 0.155. The number of aryl methyl sites for hydroxylation is 1. The summed E-state index contributed by atoms with van der Waals surface area (Å²) in [7, 11) is 4.28. The van der Waals surface area contributed by atoms with Crippen LogP contribution >= 0.6 is 0 Å². The summed E-state index contributed by atoms with van der Waals surface area (Å²) in [5.74, 6) is 1.51. The molecule has 0 saturated heterocycles. The van der Waals surface area contributed by atoms with Gasteiger partial charge in [-0.25, -0.2) is 0 Å². The number of nitrogens with zero attached hydrogens (tertiary/aromatic N) is 1. The summed E-state index contributed by atoms with van der Waals surface area (Å²) in [4.78, 5) is 14.2. The Morgan fingerprint density at radius 1 is 1.27 bits per heavy atom. The van der Waals surface area contributed by atoms with Crippen molar-refractivity contribution >= 4 is 22.6 Å². The summed E-state index contributed by atoms with van der Waals surface area (Å²) in [6.07, 6.45) is 5.22. The van der Waals surface area contributed by atoms with Crippen molar-refractivity contribution in [3.63, 3.8) is 0 Å². The summed E-state index contributed by atoms with van der Waals surface area (Å²) >= 11 is 0.